The van der Waals surface area contributed by atoms with Gasteiger partial charge in [0.15, 0.2) is 0 Å². The van der Waals surface area contributed by atoms with Gasteiger partial charge in [-0.2, -0.15) is 0 Å². The topological polar surface area (TPSA) is 50.7 Å². The molecule has 0 aliphatic carbocycles. The van der Waals surface area contributed by atoms with Gasteiger partial charge in [0.1, 0.15) is 18.5 Å². The van der Waals surface area contributed by atoms with Crippen molar-refractivity contribution in [3.63, 3.8) is 0 Å². The van der Waals surface area contributed by atoms with Gasteiger partial charge in [0.05, 0.1) is 9.30 Å². The van der Waals surface area contributed by atoms with Gasteiger partial charge < -0.3 is 19.9 Å². The molecule has 0 fully saturated rings. The molecule has 4 nitrogen and oxygen atoms in total. The summed E-state index contributed by atoms with van der Waals surface area (Å²) in [5, 5.41) is 12.9. The number of hydrogen-bond donors (Lipinski definition) is 2. The summed E-state index contributed by atoms with van der Waals surface area (Å²) in [7, 11) is 1.35. The highest BCUT2D eigenvalue weighted by molar-refractivity contribution is 5.27. The lowest BCUT2D eigenvalue weighted by atomic mass is 10.1. The molecule has 2 N–H and O–H groups in total. The number of nitrogens with one attached hydrogen (secondary N) is 1. The average molecular weight is 269 g/mol. The number of ether oxygens (including phenoxy) is 2. The minimum absolute atomic E-state index is 0.185. The van der Waals surface area contributed by atoms with Crippen molar-refractivity contribution in [2.75, 3.05) is 26.8 Å². The Bertz CT molecular complexity index is 410. The third-order valence-corrected chi connectivity index (χ3v) is 2.55. The smallest absolute Gasteiger partial charge is 0.119 e. The second-order valence-corrected chi connectivity index (χ2v) is 4.70. The molecule has 0 saturated carbocycles. The van der Waals surface area contributed by atoms with Crippen molar-refractivity contribution in [1.82, 2.24) is 5.32 Å². The molecule has 1 aromatic carbocycles. The van der Waals surface area contributed by atoms with E-state index in [9.17, 15) is 5.11 Å². The van der Waals surface area contributed by atoms with Gasteiger partial charge in [-0.3, -0.25) is 0 Å². The second kappa shape index (κ2) is 8.91. The van der Waals surface area contributed by atoms with Gasteiger partial charge in [-0.15, -0.1) is 0 Å². The lowest BCUT2D eigenvalue weighted by Crippen LogP contribution is -2.35. The first kappa shape index (κ1) is 12.9. The molecule has 4 heteroatoms. The van der Waals surface area contributed by atoms with E-state index in [1.165, 1.54) is 7.11 Å². The molecule has 0 saturated heterocycles. The maximum Gasteiger partial charge on any atom is 0.119 e. The van der Waals surface area contributed by atoms with Crippen LogP contribution in [-0.4, -0.2) is 44.1 Å². The largest absolute Gasteiger partial charge is 0.491 e. The van der Waals surface area contributed by atoms with Crippen LogP contribution in [0.4, 0.5) is 0 Å². The number of aliphatic hydroxyl groups is 1. The van der Waals surface area contributed by atoms with E-state index in [2.05, 4.69) is 5.32 Å². The predicted octanol–water partition coefficient (Wildman–Crippen LogP) is 1.61. The summed E-state index contributed by atoms with van der Waals surface area (Å²) in [4.78, 5) is 0. The minimum atomic E-state index is -1.67. The Balaban J connectivity index is 2.41. The van der Waals surface area contributed by atoms with Crippen LogP contribution in [0, 0.1) is 0 Å². The third-order valence-electron chi connectivity index (χ3n) is 2.55. The zero-order chi connectivity index (χ0) is 15.9. The molecule has 0 bridgehead atoms. The molecule has 0 aliphatic rings. The Kier molecular flexibility index (Phi) is 6.05. The Morgan fingerprint density at radius 2 is 2.00 bits per heavy atom. The highest BCUT2D eigenvalue weighted by Gasteiger charge is 2.05. The summed E-state index contributed by atoms with van der Waals surface area (Å²) >= 11 is 0. The number of rotatable bonds is 9. The molecule has 0 radical (unpaired) electrons. The standard InChI is InChI=1S/C15H25NO3/c1-12(2)16-10-14(17)11-19-15-6-4-13(5-7-15)8-9-18-3/h4-7,12,14,16-17H,8-11H2,1-3H3/i9D2. The molecule has 0 aromatic heterocycles. The fourth-order valence-electron chi connectivity index (χ4n) is 1.48. The van der Waals surface area contributed by atoms with Gasteiger partial charge >= 0.3 is 0 Å². The Morgan fingerprint density at radius 1 is 1.32 bits per heavy atom. The van der Waals surface area contributed by atoms with Gasteiger partial charge in [0.25, 0.3) is 0 Å². The van der Waals surface area contributed by atoms with Crippen molar-refractivity contribution in [2.45, 2.75) is 32.4 Å². The van der Waals surface area contributed by atoms with Gasteiger partial charge in [-0.25, -0.2) is 0 Å². The van der Waals surface area contributed by atoms with E-state index in [4.69, 9.17) is 12.2 Å². The average Bonchev–Trinajstić information content (AvgIpc) is 2.44. The summed E-state index contributed by atoms with van der Waals surface area (Å²) in [6.07, 6.45) is -0.375. The van der Waals surface area contributed by atoms with Gasteiger partial charge in [0, 0.05) is 19.7 Å². The third kappa shape index (κ3) is 7.15. The zero-order valence-electron chi connectivity index (χ0n) is 13.8. The van der Waals surface area contributed by atoms with E-state index >= 15 is 0 Å². The summed E-state index contributed by atoms with van der Waals surface area (Å²) < 4.78 is 25.4. The first-order valence-corrected chi connectivity index (χ1v) is 6.51. The number of methoxy groups -OCH3 is 1. The van der Waals surface area contributed by atoms with Crippen LogP contribution >= 0.6 is 0 Å². The van der Waals surface area contributed by atoms with E-state index in [1.807, 2.05) is 13.8 Å². The van der Waals surface area contributed by atoms with Crippen LogP contribution < -0.4 is 10.1 Å². The van der Waals surface area contributed by atoms with Crippen LogP contribution in [0.5, 0.6) is 5.75 Å². The number of aryl methyl sites for hydroxylation is 1. The number of aliphatic hydroxyl groups excluding tert-OH is 1. The Hall–Kier alpha value is -1.10. The van der Waals surface area contributed by atoms with E-state index in [1.54, 1.807) is 24.3 Å². The first-order valence-electron chi connectivity index (χ1n) is 7.51. The predicted molar refractivity (Wildman–Crippen MR) is 76.7 cm³/mol. The Morgan fingerprint density at radius 3 is 2.58 bits per heavy atom. The Labute approximate surface area is 118 Å². The van der Waals surface area contributed by atoms with Crippen LogP contribution in [0.15, 0.2) is 24.3 Å². The van der Waals surface area contributed by atoms with Crippen molar-refractivity contribution >= 4 is 0 Å². The fraction of sp³-hybridized carbons (Fsp3) is 0.600. The van der Waals surface area contributed by atoms with E-state index in [0.717, 1.165) is 5.56 Å². The second-order valence-electron chi connectivity index (χ2n) is 4.70. The van der Waals surface area contributed by atoms with Crippen LogP contribution in [-0.2, 0) is 11.2 Å². The maximum atomic E-state index is 9.75. The van der Waals surface area contributed by atoms with E-state index in [0.29, 0.717) is 18.3 Å². The van der Waals surface area contributed by atoms with Crippen molar-refractivity contribution in [2.24, 2.45) is 0 Å². The molecule has 0 aliphatic heterocycles. The number of benzene rings is 1. The maximum absolute atomic E-state index is 9.75. The highest BCUT2D eigenvalue weighted by Crippen LogP contribution is 2.12. The molecular formula is C15H25NO3. The summed E-state index contributed by atoms with van der Waals surface area (Å²) in [6.45, 7) is 3.08. The summed E-state index contributed by atoms with van der Waals surface area (Å²) in [5.74, 6) is 0.653. The molecule has 108 valence electrons. The normalized spacial score (nSPS) is 15.0. The molecule has 0 amide bonds. The van der Waals surface area contributed by atoms with Gasteiger partial charge in [0.2, 0.25) is 0 Å². The molecule has 19 heavy (non-hydrogen) atoms. The molecule has 0 heterocycles. The first-order chi connectivity index (χ1) is 9.82. The summed E-state index contributed by atoms with van der Waals surface area (Å²) in [6, 6.07) is 7.46. The fourth-order valence-corrected chi connectivity index (χ4v) is 1.48. The quantitative estimate of drug-likeness (QED) is 0.715. The van der Waals surface area contributed by atoms with Gasteiger partial charge in [-0.05, 0) is 24.1 Å². The van der Waals surface area contributed by atoms with Crippen molar-refractivity contribution < 1.29 is 17.3 Å². The van der Waals surface area contributed by atoms with Crippen LogP contribution in [0.25, 0.3) is 0 Å². The van der Waals surface area contributed by atoms with Gasteiger partial charge in [-0.1, -0.05) is 26.0 Å². The molecule has 0 spiro atoms. The monoisotopic (exact) mass is 269 g/mol. The summed E-state index contributed by atoms with van der Waals surface area (Å²) in [5.41, 5.74) is 0.830. The molecule has 1 aromatic rings. The van der Waals surface area contributed by atoms with E-state index in [-0.39, 0.29) is 13.0 Å². The van der Waals surface area contributed by atoms with Crippen LogP contribution in [0.3, 0.4) is 0 Å². The lowest BCUT2D eigenvalue weighted by Gasteiger charge is -2.15. The molecular weight excluding hydrogens is 242 g/mol. The van der Waals surface area contributed by atoms with E-state index < -0.39 is 12.7 Å². The molecule has 1 rings (SSSR count). The SMILES string of the molecule is [2H]C([2H])(Cc1ccc(OCC(O)CNC(C)C)cc1)OC. The molecule has 1 atom stereocenters. The van der Waals surface area contributed by atoms with Crippen molar-refractivity contribution in [3.05, 3.63) is 29.8 Å². The van der Waals surface area contributed by atoms with Crippen LogP contribution in [0.2, 0.25) is 0 Å². The van der Waals surface area contributed by atoms with Crippen molar-refractivity contribution in [1.29, 1.82) is 0 Å². The number of hydrogen-bond acceptors (Lipinski definition) is 4. The van der Waals surface area contributed by atoms with Crippen LogP contribution in [0.1, 0.15) is 22.2 Å². The highest BCUT2D eigenvalue weighted by atomic mass is 16.5. The zero-order valence-corrected chi connectivity index (χ0v) is 11.8. The minimum Gasteiger partial charge on any atom is -0.491 e. The van der Waals surface area contributed by atoms with Crippen molar-refractivity contribution in [3.8, 4) is 5.75 Å². The lowest BCUT2D eigenvalue weighted by molar-refractivity contribution is 0.104. The molecule has 1 unspecified atom stereocenters.